The van der Waals surface area contributed by atoms with E-state index >= 15 is 0 Å². The van der Waals surface area contributed by atoms with Gasteiger partial charge in [0.15, 0.2) is 0 Å². The highest BCUT2D eigenvalue weighted by atomic mass is 16.1. The van der Waals surface area contributed by atoms with Crippen LogP contribution in [0, 0.1) is 0 Å². The number of nitrogens with two attached hydrogens (primary N) is 1. The summed E-state index contributed by atoms with van der Waals surface area (Å²) in [5, 5.41) is 4.24. The Kier molecular flexibility index (Phi) is 6.00. The molecule has 1 fully saturated rings. The lowest BCUT2D eigenvalue weighted by molar-refractivity contribution is -0.122. The molecule has 1 saturated heterocycles. The lowest BCUT2D eigenvalue weighted by Gasteiger charge is -2.33. The van der Waals surface area contributed by atoms with Gasteiger partial charge < -0.3 is 16.0 Å². The number of carbonyl (C=O) groups excluding carboxylic acids is 1. The topological polar surface area (TPSA) is 84.1 Å². The second kappa shape index (κ2) is 9.01. The highest BCUT2D eigenvalue weighted by Crippen LogP contribution is 2.25. The van der Waals surface area contributed by atoms with Gasteiger partial charge in [0, 0.05) is 37.0 Å². The Bertz CT molecular complexity index is 948. The van der Waals surface area contributed by atoms with E-state index in [1.165, 1.54) is 0 Å². The number of piperidine rings is 1. The van der Waals surface area contributed by atoms with Crippen LogP contribution in [0.2, 0.25) is 0 Å². The monoisotopic (exact) mass is 389 g/mol. The van der Waals surface area contributed by atoms with E-state index in [4.69, 9.17) is 5.73 Å². The average molecular weight is 390 g/mol. The second-order valence-corrected chi connectivity index (χ2v) is 7.70. The van der Waals surface area contributed by atoms with Crippen molar-refractivity contribution < 1.29 is 4.79 Å². The van der Waals surface area contributed by atoms with Crippen molar-refractivity contribution in [1.82, 2.24) is 15.3 Å². The van der Waals surface area contributed by atoms with Crippen LogP contribution in [0.3, 0.4) is 0 Å². The van der Waals surface area contributed by atoms with Crippen molar-refractivity contribution in [2.45, 2.75) is 37.8 Å². The lowest BCUT2D eigenvalue weighted by Crippen LogP contribution is -2.46. The Morgan fingerprint density at radius 1 is 1.07 bits per heavy atom. The number of rotatable bonds is 6. The normalized spacial score (nSPS) is 16.0. The molecule has 1 unspecified atom stereocenters. The van der Waals surface area contributed by atoms with Crippen molar-refractivity contribution in [1.29, 1.82) is 0 Å². The molecule has 1 atom stereocenters. The maximum atomic E-state index is 12.4. The Hall–Kier alpha value is -2.99. The van der Waals surface area contributed by atoms with Crippen molar-refractivity contribution in [3.8, 4) is 0 Å². The van der Waals surface area contributed by atoms with Crippen LogP contribution in [-0.2, 0) is 11.2 Å². The van der Waals surface area contributed by atoms with Gasteiger partial charge in [0.25, 0.3) is 0 Å². The van der Waals surface area contributed by atoms with Crippen LogP contribution in [-0.4, -0.2) is 41.0 Å². The molecule has 2 aromatic carbocycles. The summed E-state index contributed by atoms with van der Waals surface area (Å²) >= 11 is 0. The van der Waals surface area contributed by atoms with E-state index in [1.807, 2.05) is 48.5 Å². The van der Waals surface area contributed by atoms with Gasteiger partial charge in [-0.2, -0.15) is 0 Å². The van der Waals surface area contributed by atoms with Gasteiger partial charge in [-0.1, -0.05) is 42.5 Å². The number of aromatic nitrogens is 2. The zero-order valence-electron chi connectivity index (χ0n) is 16.5. The van der Waals surface area contributed by atoms with Crippen molar-refractivity contribution in [2.75, 3.05) is 18.0 Å². The lowest BCUT2D eigenvalue weighted by atomic mass is 10.0. The summed E-state index contributed by atoms with van der Waals surface area (Å²) in [5.41, 5.74) is 8.30. The number of nitrogens with one attached hydrogen (secondary N) is 1. The van der Waals surface area contributed by atoms with E-state index in [0.29, 0.717) is 12.8 Å². The largest absolute Gasteiger partial charge is 0.356 e. The van der Waals surface area contributed by atoms with E-state index in [-0.39, 0.29) is 18.0 Å². The summed E-state index contributed by atoms with van der Waals surface area (Å²) in [6.07, 6.45) is 4.49. The van der Waals surface area contributed by atoms with E-state index in [9.17, 15) is 4.79 Å². The van der Waals surface area contributed by atoms with Crippen molar-refractivity contribution in [2.24, 2.45) is 5.73 Å². The summed E-state index contributed by atoms with van der Waals surface area (Å²) in [5.74, 6) is 1.02. The van der Waals surface area contributed by atoms with Gasteiger partial charge in [-0.25, -0.2) is 9.97 Å². The Balaban J connectivity index is 1.28. The van der Waals surface area contributed by atoms with Crippen LogP contribution in [0.15, 0.2) is 60.9 Å². The highest BCUT2D eigenvalue weighted by Gasteiger charge is 2.23. The number of nitrogens with zero attached hydrogens (tertiary/aromatic N) is 3. The fraction of sp³-hybridized carbons (Fsp3) is 0.348. The number of fused-ring (bicyclic) bond motifs is 1. The molecule has 0 aliphatic carbocycles. The predicted octanol–water partition coefficient (Wildman–Crippen LogP) is 2.67. The molecule has 6 nitrogen and oxygen atoms in total. The molecule has 0 bridgehead atoms. The minimum atomic E-state index is -0.162. The number of carbonyl (C=O) groups is 1. The summed E-state index contributed by atoms with van der Waals surface area (Å²) in [4.78, 5) is 23.5. The maximum Gasteiger partial charge on any atom is 0.221 e. The van der Waals surface area contributed by atoms with E-state index < -0.39 is 0 Å². The third kappa shape index (κ3) is 4.90. The Morgan fingerprint density at radius 3 is 2.59 bits per heavy atom. The quantitative estimate of drug-likeness (QED) is 0.677. The van der Waals surface area contributed by atoms with E-state index in [0.717, 1.165) is 48.2 Å². The van der Waals surface area contributed by atoms with Gasteiger partial charge in [-0.3, -0.25) is 4.79 Å². The number of amides is 1. The number of hydrogen-bond donors (Lipinski definition) is 2. The molecule has 6 heteroatoms. The summed E-state index contributed by atoms with van der Waals surface area (Å²) in [6, 6.07) is 18.2. The molecular weight excluding hydrogens is 362 g/mol. The van der Waals surface area contributed by atoms with Gasteiger partial charge in [0.2, 0.25) is 5.91 Å². The molecule has 0 radical (unpaired) electrons. The molecule has 0 spiro atoms. The molecule has 1 amide bonds. The smallest absolute Gasteiger partial charge is 0.221 e. The molecule has 1 aliphatic heterocycles. The predicted molar refractivity (Wildman–Crippen MR) is 116 cm³/mol. The summed E-state index contributed by atoms with van der Waals surface area (Å²) in [7, 11) is 0. The van der Waals surface area contributed by atoms with Gasteiger partial charge in [0.05, 0.1) is 5.52 Å². The molecular formula is C23H27N5O. The van der Waals surface area contributed by atoms with Crippen LogP contribution in [0.4, 0.5) is 5.82 Å². The van der Waals surface area contributed by atoms with Crippen LogP contribution in [0.25, 0.3) is 10.9 Å². The standard InChI is InChI=1S/C23H27N5O/c24-18(14-17-6-2-1-3-7-17)15-22(29)27-19-10-12-28(13-11-19)23-20-8-4-5-9-21(20)25-16-26-23/h1-9,16,18-19H,10-15,24H2,(H,27,29). The SMILES string of the molecule is NC(CC(=O)NC1CCN(c2ncnc3ccccc23)CC1)Cc1ccccc1. The number of benzene rings is 2. The van der Waals surface area contributed by atoms with Crippen LogP contribution < -0.4 is 16.0 Å². The van der Waals surface area contributed by atoms with Crippen LogP contribution >= 0.6 is 0 Å². The number of anilines is 1. The average Bonchev–Trinajstić information content (AvgIpc) is 2.74. The zero-order chi connectivity index (χ0) is 20.1. The third-order valence-corrected chi connectivity index (χ3v) is 5.47. The van der Waals surface area contributed by atoms with Gasteiger partial charge in [-0.05, 0) is 37.0 Å². The summed E-state index contributed by atoms with van der Waals surface area (Å²) < 4.78 is 0. The first-order valence-electron chi connectivity index (χ1n) is 10.2. The Labute approximate surface area is 171 Å². The molecule has 150 valence electrons. The molecule has 4 rings (SSSR count). The minimum Gasteiger partial charge on any atom is -0.356 e. The molecule has 1 aromatic heterocycles. The van der Waals surface area contributed by atoms with Gasteiger partial charge >= 0.3 is 0 Å². The fourth-order valence-electron chi connectivity index (χ4n) is 3.99. The first-order chi connectivity index (χ1) is 14.2. The van der Waals surface area contributed by atoms with Crippen molar-refractivity contribution >= 4 is 22.6 Å². The first-order valence-corrected chi connectivity index (χ1v) is 10.2. The highest BCUT2D eigenvalue weighted by molar-refractivity contribution is 5.89. The van der Waals surface area contributed by atoms with Crippen LogP contribution in [0.5, 0.6) is 0 Å². The molecule has 2 heterocycles. The van der Waals surface area contributed by atoms with Crippen molar-refractivity contribution in [3.63, 3.8) is 0 Å². The molecule has 1 aliphatic rings. The summed E-state index contributed by atoms with van der Waals surface area (Å²) in [6.45, 7) is 1.73. The molecule has 3 N–H and O–H groups in total. The fourth-order valence-corrected chi connectivity index (χ4v) is 3.99. The molecule has 0 saturated carbocycles. The number of hydrogen-bond acceptors (Lipinski definition) is 5. The van der Waals surface area contributed by atoms with Crippen molar-refractivity contribution in [3.05, 3.63) is 66.5 Å². The maximum absolute atomic E-state index is 12.4. The first kappa shape index (κ1) is 19.3. The van der Waals surface area contributed by atoms with Gasteiger partial charge in [-0.15, -0.1) is 0 Å². The molecule has 3 aromatic rings. The van der Waals surface area contributed by atoms with E-state index in [2.05, 4.69) is 26.3 Å². The third-order valence-electron chi connectivity index (χ3n) is 5.47. The van der Waals surface area contributed by atoms with Gasteiger partial charge in [0.1, 0.15) is 12.1 Å². The van der Waals surface area contributed by atoms with E-state index in [1.54, 1.807) is 6.33 Å². The van der Waals surface area contributed by atoms with Crippen LogP contribution in [0.1, 0.15) is 24.8 Å². The number of para-hydroxylation sites is 1. The second-order valence-electron chi connectivity index (χ2n) is 7.70. The Morgan fingerprint density at radius 2 is 1.79 bits per heavy atom. The zero-order valence-corrected chi connectivity index (χ0v) is 16.5. The minimum absolute atomic E-state index is 0.0411. The molecule has 29 heavy (non-hydrogen) atoms.